The molecule has 0 aliphatic carbocycles. The summed E-state index contributed by atoms with van der Waals surface area (Å²) in [4.78, 5) is 24.6. The first-order valence-electron chi connectivity index (χ1n) is 7.52. The lowest BCUT2D eigenvalue weighted by atomic mass is 10.2. The number of aromatic amines is 1. The van der Waals surface area contributed by atoms with Crippen molar-refractivity contribution in [3.05, 3.63) is 57.7 Å². The summed E-state index contributed by atoms with van der Waals surface area (Å²) in [5, 5.41) is 16.1. The molecular formula is C16H15IN6O2. The average molecular weight is 450 g/mol. The lowest BCUT2D eigenvalue weighted by Crippen LogP contribution is -2.18. The quantitative estimate of drug-likeness (QED) is 0.520. The smallest absolute Gasteiger partial charge is 0.274 e. The van der Waals surface area contributed by atoms with Gasteiger partial charge in [-0.3, -0.25) is 19.4 Å². The number of amides is 2. The topological polar surface area (TPSA) is 105 Å². The second-order valence-corrected chi connectivity index (χ2v) is 6.28. The molecule has 0 aliphatic rings. The third kappa shape index (κ3) is 3.87. The van der Waals surface area contributed by atoms with Crippen molar-refractivity contribution in [2.75, 3.05) is 10.6 Å². The molecule has 0 atom stereocenters. The van der Waals surface area contributed by atoms with Crippen LogP contribution in [0, 0.1) is 3.57 Å². The zero-order chi connectivity index (χ0) is 17.8. The van der Waals surface area contributed by atoms with E-state index in [0.717, 1.165) is 3.57 Å². The Morgan fingerprint density at radius 1 is 1.20 bits per heavy atom. The van der Waals surface area contributed by atoms with Crippen molar-refractivity contribution < 1.29 is 9.59 Å². The van der Waals surface area contributed by atoms with Crippen LogP contribution >= 0.6 is 22.6 Å². The number of aromatic nitrogens is 4. The molecule has 2 heterocycles. The fourth-order valence-corrected chi connectivity index (χ4v) is 2.78. The Balaban J connectivity index is 1.72. The maximum atomic E-state index is 12.3. The fourth-order valence-electron chi connectivity index (χ4n) is 2.27. The molecule has 8 nitrogen and oxygen atoms in total. The molecule has 2 amide bonds. The van der Waals surface area contributed by atoms with Gasteiger partial charge >= 0.3 is 0 Å². The van der Waals surface area contributed by atoms with E-state index < -0.39 is 0 Å². The largest absolute Gasteiger partial charge is 0.321 e. The number of carbonyl (C=O) groups excluding carboxylic acids is 2. The molecule has 0 fully saturated rings. The zero-order valence-electron chi connectivity index (χ0n) is 13.3. The number of halogens is 1. The molecule has 0 bridgehead atoms. The molecule has 3 aromatic rings. The number of rotatable bonds is 5. The number of H-pyrrole nitrogens is 1. The number of nitrogens with zero attached hydrogens (tertiary/aromatic N) is 3. The summed E-state index contributed by atoms with van der Waals surface area (Å²) in [6.45, 7) is 2.52. The van der Waals surface area contributed by atoms with Crippen molar-refractivity contribution in [1.29, 1.82) is 0 Å². The summed E-state index contributed by atoms with van der Waals surface area (Å²) >= 11 is 2.03. The van der Waals surface area contributed by atoms with Crippen molar-refractivity contribution in [3.63, 3.8) is 0 Å². The van der Waals surface area contributed by atoms with Gasteiger partial charge in [0, 0.05) is 24.1 Å². The summed E-state index contributed by atoms with van der Waals surface area (Å²) in [7, 11) is 0. The first-order chi connectivity index (χ1) is 12.1. The Kier molecular flexibility index (Phi) is 5.12. The highest BCUT2D eigenvalue weighted by molar-refractivity contribution is 14.1. The highest BCUT2D eigenvalue weighted by Crippen LogP contribution is 2.18. The van der Waals surface area contributed by atoms with Gasteiger partial charge in [0.05, 0.1) is 9.77 Å². The van der Waals surface area contributed by atoms with E-state index in [1.165, 1.54) is 0 Å². The SMILES string of the molecule is CCn1nccc1C(=O)Nc1cccc(NC(=O)c2[nH]ncc2I)c1. The second kappa shape index (κ2) is 7.47. The van der Waals surface area contributed by atoms with Crippen molar-refractivity contribution in [1.82, 2.24) is 20.0 Å². The molecule has 0 saturated heterocycles. The van der Waals surface area contributed by atoms with Crippen molar-refractivity contribution in [2.45, 2.75) is 13.5 Å². The zero-order valence-corrected chi connectivity index (χ0v) is 15.4. The molecule has 9 heteroatoms. The Hall–Kier alpha value is -2.69. The number of hydrogen-bond acceptors (Lipinski definition) is 4. The maximum absolute atomic E-state index is 12.3. The highest BCUT2D eigenvalue weighted by Gasteiger charge is 2.14. The summed E-state index contributed by atoms with van der Waals surface area (Å²) in [6, 6.07) is 8.59. The first-order valence-corrected chi connectivity index (χ1v) is 8.59. The van der Waals surface area contributed by atoms with Gasteiger partial charge in [-0.2, -0.15) is 10.2 Å². The lowest BCUT2D eigenvalue weighted by molar-refractivity contribution is 0.101. The minimum atomic E-state index is -0.297. The summed E-state index contributed by atoms with van der Waals surface area (Å²) in [5.74, 6) is -0.555. The van der Waals surface area contributed by atoms with E-state index in [2.05, 4.69) is 25.9 Å². The van der Waals surface area contributed by atoms with Crippen LogP contribution in [0.1, 0.15) is 27.9 Å². The summed E-state index contributed by atoms with van der Waals surface area (Å²) in [5.41, 5.74) is 2.01. The maximum Gasteiger partial charge on any atom is 0.274 e. The number of carbonyl (C=O) groups is 2. The van der Waals surface area contributed by atoms with Crippen molar-refractivity contribution >= 4 is 45.8 Å². The number of benzene rings is 1. The third-order valence-electron chi connectivity index (χ3n) is 3.45. The third-order valence-corrected chi connectivity index (χ3v) is 4.27. The van der Waals surface area contributed by atoms with Crippen LogP contribution in [0.4, 0.5) is 11.4 Å². The molecule has 1 aromatic carbocycles. The van der Waals surface area contributed by atoms with Gasteiger partial charge in [-0.25, -0.2) is 0 Å². The van der Waals surface area contributed by atoms with E-state index in [1.54, 1.807) is 47.4 Å². The van der Waals surface area contributed by atoms with Crippen LogP contribution in [0.3, 0.4) is 0 Å². The minimum absolute atomic E-state index is 0.258. The highest BCUT2D eigenvalue weighted by atomic mass is 127. The van der Waals surface area contributed by atoms with Crippen LogP contribution in [0.5, 0.6) is 0 Å². The van der Waals surface area contributed by atoms with E-state index in [0.29, 0.717) is 29.3 Å². The molecule has 3 N–H and O–H groups in total. The normalized spacial score (nSPS) is 10.5. The predicted octanol–water partition coefficient (Wildman–Crippen LogP) is 2.74. The molecule has 0 spiro atoms. The van der Waals surface area contributed by atoms with Gasteiger partial charge in [0.25, 0.3) is 11.8 Å². The fraction of sp³-hybridized carbons (Fsp3) is 0.125. The average Bonchev–Trinajstić information content (AvgIpc) is 3.23. The molecule has 2 aromatic heterocycles. The van der Waals surface area contributed by atoms with Crippen LogP contribution in [0.15, 0.2) is 42.7 Å². The van der Waals surface area contributed by atoms with Crippen molar-refractivity contribution in [2.24, 2.45) is 0 Å². The van der Waals surface area contributed by atoms with Gasteiger partial charge in [-0.05, 0) is 53.8 Å². The predicted molar refractivity (Wildman–Crippen MR) is 102 cm³/mol. The van der Waals surface area contributed by atoms with Crippen LogP contribution in [0.25, 0.3) is 0 Å². The van der Waals surface area contributed by atoms with E-state index in [4.69, 9.17) is 0 Å². The second-order valence-electron chi connectivity index (χ2n) is 5.11. The van der Waals surface area contributed by atoms with Gasteiger partial charge in [0.2, 0.25) is 0 Å². The number of anilines is 2. The molecule has 25 heavy (non-hydrogen) atoms. The Morgan fingerprint density at radius 3 is 2.56 bits per heavy atom. The Bertz CT molecular complexity index is 917. The van der Waals surface area contributed by atoms with Gasteiger partial charge in [-0.1, -0.05) is 6.07 Å². The van der Waals surface area contributed by atoms with Gasteiger partial charge in [0.15, 0.2) is 0 Å². The van der Waals surface area contributed by atoms with Gasteiger partial charge in [0.1, 0.15) is 11.4 Å². The molecule has 3 rings (SSSR count). The van der Waals surface area contributed by atoms with Crippen molar-refractivity contribution in [3.8, 4) is 0 Å². The molecule has 0 saturated carbocycles. The van der Waals surface area contributed by atoms with E-state index in [-0.39, 0.29) is 11.8 Å². The van der Waals surface area contributed by atoms with E-state index in [1.807, 2.05) is 29.5 Å². The number of aryl methyl sites for hydroxylation is 1. The molecule has 128 valence electrons. The Morgan fingerprint density at radius 2 is 1.92 bits per heavy atom. The van der Waals surface area contributed by atoms with Gasteiger partial charge < -0.3 is 10.6 Å². The summed E-state index contributed by atoms with van der Waals surface area (Å²) in [6.07, 6.45) is 3.16. The summed E-state index contributed by atoms with van der Waals surface area (Å²) < 4.78 is 2.34. The van der Waals surface area contributed by atoms with E-state index in [9.17, 15) is 9.59 Å². The molecule has 0 radical (unpaired) electrons. The molecule has 0 aliphatic heterocycles. The van der Waals surface area contributed by atoms with Crippen LogP contribution in [0.2, 0.25) is 0 Å². The van der Waals surface area contributed by atoms with E-state index >= 15 is 0 Å². The van der Waals surface area contributed by atoms with Crippen LogP contribution in [-0.2, 0) is 6.54 Å². The Labute approximate surface area is 157 Å². The van der Waals surface area contributed by atoms with Gasteiger partial charge in [-0.15, -0.1) is 0 Å². The lowest BCUT2D eigenvalue weighted by Gasteiger charge is -2.09. The molecular weight excluding hydrogens is 435 g/mol. The standard InChI is InChI=1S/C16H15IN6O2/c1-2-23-13(6-7-19-23)15(24)20-10-4-3-5-11(8-10)21-16(25)14-12(17)9-18-22-14/h3-9H,2H2,1H3,(H,18,22)(H,20,24)(H,21,25). The minimum Gasteiger partial charge on any atom is -0.321 e. The monoisotopic (exact) mass is 450 g/mol. The molecule has 0 unspecified atom stereocenters. The van der Waals surface area contributed by atoms with Crippen LogP contribution < -0.4 is 10.6 Å². The first kappa shape index (κ1) is 17.1. The number of nitrogens with one attached hydrogen (secondary N) is 3. The number of hydrogen-bond donors (Lipinski definition) is 3. The van der Waals surface area contributed by atoms with Crippen LogP contribution in [-0.4, -0.2) is 31.8 Å².